The Hall–Kier alpha value is -6.53. The fourth-order valence-electron chi connectivity index (χ4n) is 7.81. The van der Waals surface area contributed by atoms with Gasteiger partial charge in [0.15, 0.2) is 5.65 Å². The van der Waals surface area contributed by atoms with Crippen LogP contribution in [-0.4, -0.2) is 28.5 Å². The number of rotatable bonds is 2. The summed E-state index contributed by atoms with van der Waals surface area (Å²) in [5.41, 5.74) is 11.4. The topological polar surface area (TPSA) is 52.9 Å². The summed E-state index contributed by atoms with van der Waals surface area (Å²) >= 11 is 0. The zero-order valence-corrected chi connectivity index (χ0v) is 25.0. The van der Waals surface area contributed by atoms with Crippen molar-refractivity contribution in [3.8, 4) is 11.4 Å². The van der Waals surface area contributed by atoms with Gasteiger partial charge in [0.1, 0.15) is 11.2 Å². The van der Waals surface area contributed by atoms with Gasteiger partial charge in [-0.1, -0.05) is 54.6 Å². The molecule has 47 heavy (non-hydrogen) atoms. The second-order valence-corrected chi connectivity index (χ2v) is 12.1. The molecule has 6 heteroatoms. The molecular formula is C41H24N6. The third-order valence-electron chi connectivity index (χ3n) is 9.67. The largest absolute Gasteiger partial charge is 0.309 e. The van der Waals surface area contributed by atoms with Crippen LogP contribution >= 0.6 is 0 Å². The molecule has 11 aromatic rings. The van der Waals surface area contributed by atoms with Gasteiger partial charge in [-0.25, -0.2) is 9.97 Å². The fourth-order valence-corrected chi connectivity index (χ4v) is 7.81. The van der Waals surface area contributed by atoms with Crippen molar-refractivity contribution in [1.29, 1.82) is 0 Å². The monoisotopic (exact) mass is 600 g/mol. The first-order valence-corrected chi connectivity index (χ1v) is 15.8. The molecular weight excluding hydrogens is 576 g/mol. The Morgan fingerprint density at radius 1 is 0.404 bits per heavy atom. The Morgan fingerprint density at radius 3 is 1.83 bits per heavy atom. The first-order valence-electron chi connectivity index (χ1n) is 15.8. The summed E-state index contributed by atoms with van der Waals surface area (Å²) in [5, 5.41) is 6.99. The number of hydrogen-bond acceptors (Lipinski definition) is 3. The van der Waals surface area contributed by atoms with Crippen LogP contribution in [0.25, 0.3) is 93.6 Å². The molecule has 5 aromatic carbocycles. The van der Waals surface area contributed by atoms with Crippen LogP contribution in [0.5, 0.6) is 0 Å². The normalized spacial score (nSPS) is 12.3. The molecule has 6 heterocycles. The van der Waals surface area contributed by atoms with E-state index >= 15 is 0 Å². The van der Waals surface area contributed by atoms with Crippen molar-refractivity contribution in [3.05, 3.63) is 146 Å². The molecule has 0 spiro atoms. The summed E-state index contributed by atoms with van der Waals surface area (Å²) < 4.78 is 6.96. The summed E-state index contributed by atoms with van der Waals surface area (Å²) in [6.07, 6.45) is 3.71. The molecule has 0 N–H and O–H groups in total. The summed E-state index contributed by atoms with van der Waals surface area (Å²) in [4.78, 5) is 14.9. The quantitative estimate of drug-likeness (QED) is 0.186. The number of nitrogens with zero attached hydrogens (tertiary/aromatic N) is 6. The molecule has 0 saturated carbocycles. The van der Waals surface area contributed by atoms with E-state index in [0.29, 0.717) is 0 Å². The smallest absolute Gasteiger partial charge is 0.165 e. The number of hydrogen-bond donors (Lipinski definition) is 0. The van der Waals surface area contributed by atoms with Gasteiger partial charge in [-0.05, 0) is 78.9 Å². The molecule has 6 nitrogen and oxygen atoms in total. The zero-order valence-electron chi connectivity index (χ0n) is 25.0. The van der Waals surface area contributed by atoms with Gasteiger partial charge in [0.25, 0.3) is 0 Å². The van der Waals surface area contributed by atoms with Crippen LogP contribution in [0, 0.1) is 0 Å². The van der Waals surface area contributed by atoms with Gasteiger partial charge < -0.3 is 9.13 Å². The van der Waals surface area contributed by atoms with Crippen LogP contribution in [0.1, 0.15) is 0 Å². The van der Waals surface area contributed by atoms with Gasteiger partial charge in [-0.3, -0.25) is 9.38 Å². The maximum absolute atomic E-state index is 5.16. The highest BCUT2D eigenvalue weighted by Gasteiger charge is 2.23. The predicted molar refractivity (Wildman–Crippen MR) is 192 cm³/mol. The van der Waals surface area contributed by atoms with E-state index in [2.05, 4.69) is 129 Å². The molecule has 0 aliphatic carbocycles. The molecule has 0 amide bonds. The van der Waals surface area contributed by atoms with Crippen molar-refractivity contribution >= 4 is 82.2 Å². The predicted octanol–water partition coefficient (Wildman–Crippen LogP) is 9.78. The second kappa shape index (κ2) is 9.02. The Bertz CT molecular complexity index is 3060. The molecule has 0 atom stereocenters. The average molecular weight is 601 g/mol. The lowest BCUT2D eigenvalue weighted by Gasteiger charge is -2.10. The van der Waals surface area contributed by atoms with Crippen molar-refractivity contribution in [2.45, 2.75) is 0 Å². The lowest BCUT2D eigenvalue weighted by molar-refractivity contribution is 1.17. The molecule has 11 rings (SSSR count). The minimum absolute atomic E-state index is 0.836. The highest BCUT2D eigenvalue weighted by atomic mass is 15.1. The minimum Gasteiger partial charge on any atom is -0.309 e. The molecule has 218 valence electrons. The zero-order chi connectivity index (χ0) is 30.6. The van der Waals surface area contributed by atoms with E-state index in [-0.39, 0.29) is 0 Å². The molecule has 0 fully saturated rings. The van der Waals surface area contributed by atoms with Crippen LogP contribution in [-0.2, 0) is 0 Å². The van der Waals surface area contributed by atoms with Crippen molar-refractivity contribution < 1.29 is 0 Å². The molecule has 6 aromatic heterocycles. The van der Waals surface area contributed by atoms with Gasteiger partial charge in [0.2, 0.25) is 0 Å². The van der Waals surface area contributed by atoms with Crippen LogP contribution in [0.4, 0.5) is 0 Å². The van der Waals surface area contributed by atoms with E-state index in [0.717, 1.165) is 61.0 Å². The molecule has 0 unspecified atom stereocenters. The number of imidazole rings is 1. The fraction of sp³-hybridized carbons (Fsp3) is 0. The molecule has 0 saturated heterocycles. The SMILES string of the molecule is c1ccc(-n2c3ccccc3c3c4c5cc6c(cc5n(-c5ccccc5)c4ccc32)c2ncccc2n2c3ncccc3nc62)cc1. The average Bonchev–Trinajstić information content (AvgIpc) is 3.79. The van der Waals surface area contributed by atoms with E-state index < -0.39 is 0 Å². The lowest BCUT2D eigenvalue weighted by Crippen LogP contribution is -1.96. The van der Waals surface area contributed by atoms with Gasteiger partial charge in [-0.2, -0.15) is 0 Å². The molecule has 0 aliphatic rings. The number of fused-ring (bicyclic) bond motifs is 15. The van der Waals surface area contributed by atoms with Gasteiger partial charge in [-0.15, -0.1) is 0 Å². The van der Waals surface area contributed by atoms with Gasteiger partial charge in [0.05, 0.1) is 33.1 Å². The molecule has 0 aliphatic heterocycles. The summed E-state index contributed by atoms with van der Waals surface area (Å²) in [6.45, 7) is 0. The van der Waals surface area contributed by atoms with Crippen molar-refractivity contribution in [2.75, 3.05) is 0 Å². The van der Waals surface area contributed by atoms with Crippen LogP contribution < -0.4 is 0 Å². The highest BCUT2D eigenvalue weighted by Crippen LogP contribution is 2.44. The van der Waals surface area contributed by atoms with Crippen LogP contribution in [0.2, 0.25) is 0 Å². The van der Waals surface area contributed by atoms with E-state index in [1.165, 1.54) is 32.6 Å². The summed E-state index contributed by atoms with van der Waals surface area (Å²) in [6, 6.07) is 47.4. The lowest BCUT2D eigenvalue weighted by atomic mass is 10.0. The maximum Gasteiger partial charge on any atom is 0.165 e. The number of pyridine rings is 3. The third kappa shape index (κ3) is 3.21. The van der Waals surface area contributed by atoms with E-state index in [4.69, 9.17) is 15.0 Å². The summed E-state index contributed by atoms with van der Waals surface area (Å²) in [5.74, 6) is 0. The van der Waals surface area contributed by atoms with E-state index in [9.17, 15) is 0 Å². The van der Waals surface area contributed by atoms with Crippen molar-refractivity contribution in [3.63, 3.8) is 0 Å². The Morgan fingerprint density at radius 2 is 1.04 bits per heavy atom. The Balaban J connectivity index is 1.42. The summed E-state index contributed by atoms with van der Waals surface area (Å²) in [7, 11) is 0. The van der Waals surface area contributed by atoms with E-state index in [1.807, 2.05) is 30.6 Å². The Labute approximate surface area is 267 Å². The molecule has 0 radical (unpaired) electrons. The molecule has 0 bridgehead atoms. The highest BCUT2D eigenvalue weighted by molar-refractivity contribution is 6.31. The first-order chi connectivity index (χ1) is 23.3. The minimum atomic E-state index is 0.836. The van der Waals surface area contributed by atoms with Crippen LogP contribution in [0.15, 0.2) is 146 Å². The number of aromatic nitrogens is 6. The standard InChI is InChI=1S/C41H24N6/c1-3-11-25(12-4-1)45-32-17-8-7-15-27(32)37-33(45)19-20-34-38(37)30-23-29-28(24-36(30)46(34)26-13-5-2-6-14-26)39-35(18-10-21-42-39)47-40(29)44-31-16-9-22-43-41(31)47/h1-24H. The van der Waals surface area contributed by atoms with E-state index in [1.54, 1.807) is 0 Å². The van der Waals surface area contributed by atoms with Gasteiger partial charge in [0, 0.05) is 56.1 Å². The second-order valence-electron chi connectivity index (χ2n) is 12.1. The maximum atomic E-state index is 5.16. The first kappa shape index (κ1) is 24.8. The third-order valence-corrected chi connectivity index (χ3v) is 9.67. The number of benzene rings is 5. The van der Waals surface area contributed by atoms with Crippen molar-refractivity contribution in [2.24, 2.45) is 0 Å². The van der Waals surface area contributed by atoms with Crippen LogP contribution in [0.3, 0.4) is 0 Å². The van der Waals surface area contributed by atoms with Gasteiger partial charge >= 0.3 is 0 Å². The number of para-hydroxylation sites is 3. The van der Waals surface area contributed by atoms with Crippen molar-refractivity contribution in [1.82, 2.24) is 28.5 Å². The Kier molecular flexibility index (Phi) is 4.75.